The molecule has 3 rings (SSSR count). The summed E-state index contributed by atoms with van der Waals surface area (Å²) in [7, 11) is 0. The number of fused-ring (bicyclic) bond motifs is 3. The third-order valence-corrected chi connectivity index (χ3v) is 3.52. The normalized spacial score (nSPS) is 11.4. The van der Waals surface area contributed by atoms with E-state index in [1.807, 2.05) is 0 Å². The van der Waals surface area contributed by atoms with Crippen molar-refractivity contribution in [3.05, 3.63) is 24.3 Å². The summed E-state index contributed by atoms with van der Waals surface area (Å²) in [6.07, 6.45) is 0. The van der Waals surface area contributed by atoms with Crippen LogP contribution >= 0.6 is 0 Å². The molecule has 0 bridgehead atoms. The van der Waals surface area contributed by atoms with Crippen LogP contribution in [0, 0.1) is 0 Å². The molecule has 0 spiro atoms. The van der Waals surface area contributed by atoms with Crippen LogP contribution in [0.15, 0.2) is 24.3 Å². The lowest BCUT2D eigenvalue weighted by atomic mass is 10.1. The lowest BCUT2D eigenvalue weighted by Crippen LogP contribution is -2.02. The fourth-order valence-electron chi connectivity index (χ4n) is 2.61. The predicted molar refractivity (Wildman–Crippen MR) is 78.7 cm³/mol. The second-order valence-corrected chi connectivity index (χ2v) is 4.67. The first-order valence-corrected chi connectivity index (χ1v) is 6.18. The van der Waals surface area contributed by atoms with Gasteiger partial charge in [-0.3, -0.25) is 0 Å². The Hall–Kier alpha value is -2.60. The second-order valence-electron chi connectivity index (χ2n) is 4.67. The third kappa shape index (κ3) is 1.48. The van der Waals surface area contributed by atoms with Crippen molar-refractivity contribution in [2.24, 2.45) is 0 Å². The molecule has 0 aliphatic rings. The van der Waals surface area contributed by atoms with Crippen molar-refractivity contribution in [3.8, 4) is 11.5 Å². The minimum Gasteiger partial charge on any atom is -0.504 e. The molecule has 2 aromatic carbocycles. The molecule has 3 aromatic rings. The number of rotatable bonds is 2. The molecule has 0 amide bonds. The van der Waals surface area contributed by atoms with E-state index >= 15 is 0 Å². The van der Waals surface area contributed by atoms with Crippen LogP contribution < -0.4 is 11.5 Å². The highest BCUT2D eigenvalue weighted by Crippen LogP contribution is 2.42. The number of anilines is 2. The van der Waals surface area contributed by atoms with Crippen molar-refractivity contribution >= 4 is 33.2 Å². The number of nitrogens with zero attached hydrogens (tertiary/aromatic N) is 1. The quantitative estimate of drug-likeness (QED) is 0.357. The van der Waals surface area contributed by atoms with E-state index < -0.39 is 0 Å². The second kappa shape index (κ2) is 4.21. The number of phenols is 2. The Balaban J connectivity index is 2.59. The molecule has 1 aromatic heterocycles. The Morgan fingerprint density at radius 3 is 1.70 bits per heavy atom. The van der Waals surface area contributed by atoms with Gasteiger partial charge in [-0.1, -0.05) is 0 Å². The number of nitrogen functional groups attached to an aromatic ring is 2. The van der Waals surface area contributed by atoms with Crippen LogP contribution in [0.2, 0.25) is 0 Å². The molecule has 0 aliphatic carbocycles. The average Bonchev–Trinajstić information content (AvgIpc) is 2.74. The number of hydrogen-bond acceptors (Lipinski definition) is 5. The molecule has 20 heavy (non-hydrogen) atoms. The van der Waals surface area contributed by atoms with Crippen molar-refractivity contribution < 1.29 is 15.3 Å². The van der Waals surface area contributed by atoms with Crippen LogP contribution in [0.5, 0.6) is 11.5 Å². The average molecular weight is 273 g/mol. The minimum atomic E-state index is -0.138. The number of nitrogens with two attached hydrogens (primary N) is 2. The first-order chi connectivity index (χ1) is 9.56. The molecule has 0 aliphatic heterocycles. The van der Waals surface area contributed by atoms with E-state index in [9.17, 15) is 15.3 Å². The molecule has 0 fully saturated rings. The highest BCUT2D eigenvalue weighted by molar-refractivity contribution is 6.14. The Morgan fingerprint density at radius 1 is 0.850 bits per heavy atom. The van der Waals surface area contributed by atoms with Crippen molar-refractivity contribution in [2.45, 2.75) is 6.54 Å². The monoisotopic (exact) mass is 273 g/mol. The predicted octanol–water partition coefficient (Wildman–Crippen LogP) is 1.36. The maximum Gasteiger partial charge on any atom is 0.163 e. The van der Waals surface area contributed by atoms with Gasteiger partial charge in [0.2, 0.25) is 0 Å². The van der Waals surface area contributed by atoms with E-state index in [0.717, 1.165) is 10.8 Å². The van der Waals surface area contributed by atoms with E-state index in [1.165, 1.54) is 0 Å². The molecule has 0 unspecified atom stereocenters. The number of hydrogen-bond donors (Lipinski definition) is 5. The Bertz CT molecular complexity index is 758. The van der Waals surface area contributed by atoms with Gasteiger partial charge in [0.05, 0.1) is 29.0 Å². The number of aromatic nitrogens is 1. The number of aliphatic hydroxyl groups is 1. The number of benzene rings is 2. The van der Waals surface area contributed by atoms with Crippen LogP contribution in [0.1, 0.15) is 0 Å². The molecular weight excluding hydrogens is 258 g/mol. The summed E-state index contributed by atoms with van der Waals surface area (Å²) in [5.41, 5.74) is 12.9. The summed E-state index contributed by atoms with van der Waals surface area (Å²) in [6, 6.07) is 6.76. The Kier molecular flexibility index (Phi) is 2.62. The van der Waals surface area contributed by atoms with Gasteiger partial charge in [-0.15, -0.1) is 0 Å². The molecule has 1 heterocycles. The van der Waals surface area contributed by atoms with Crippen molar-refractivity contribution in [3.63, 3.8) is 0 Å². The number of phenolic OH excluding ortho intramolecular Hbond substituents is 2. The van der Waals surface area contributed by atoms with Gasteiger partial charge >= 0.3 is 0 Å². The van der Waals surface area contributed by atoms with Crippen LogP contribution in [0.3, 0.4) is 0 Å². The van der Waals surface area contributed by atoms with Gasteiger partial charge in [0, 0.05) is 17.3 Å². The number of aromatic hydroxyl groups is 2. The van der Waals surface area contributed by atoms with E-state index in [2.05, 4.69) is 0 Å². The van der Waals surface area contributed by atoms with Gasteiger partial charge in [-0.2, -0.15) is 0 Å². The van der Waals surface area contributed by atoms with E-state index in [4.69, 9.17) is 11.5 Å². The summed E-state index contributed by atoms with van der Waals surface area (Å²) >= 11 is 0. The topological polar surface area (TPSA) is 118 Å². The first-order valence-electron chi connectivity index (χ1n) is 6.18. The SMILES string of the molecule is Nc1ccc2c3ccc(N)c(O)c3n(CCO)c2c1O. The molecule has 0 saturated heterocycles. The zero-order valence-electron chi connectivity index (χ0n) is 10.7. The lowest BCUT2D eigenvalue weighted by molar-refractivity contribution is 0.279. The summed E-state index contributed by atoms with van der Waals surface area (Å²) in [5.74, 6) is -0.129. The molecule has 6 nitrogen and oxygen atoms in total. The van der Waals surface area contributed by atoms with E-state index in [0.29, 0.717) is 11.0 Å². The Labute approximate surface area is 114 Å². The van der Waals surface area contributed by atoms with Crippen LogP contribution in [0.4, 0.5) is 11.4 Å². The van der Waals surface area contributed by atoms with E-state index in [1.54, 1.807) is 28.8 Å². The summed E-state index contributed by atoms with van der Waals surface area (Å²) < 4.78 is 1.63. The van der Waals surface area contributed by atoms with Crippen molar-refractivity contribution in [2.75, 3.05) is 18.1 Å². The highest BCUT2D eigenvalue weighted by Gasteiger charge is 2.18. The van der Waals surface area contributed by atoms with Crippen molar-refractivity contribution in [1.82, 2.24) is 4.57 Å². The van der Waals surface area contributed by atoms with E-state index in [-0.39, 0.29) is 36.0 Å². The fourth-order valence-corrected chi connectivity index (χ4v) is 2.61. The van der Waals surface area contributed by atoms with Gasteiger partial charge in [-0.25, -0.2) is 0 Å². The summed E-state index contributed by atoms with van der Waals surface area (Å²) in [6.45, 7) is 0.0788. The summed E-state index contributed by atoms with van der Waals surface area (Å²) in [5, 5.41) is 31.1. The maximum atomic E-state index is 10.2. The first kappa shape index (κ1) is 12.4. The molecule has 6 heteroatoms. The Morgan fingerprint density at radius 2 is 1.30 bits per heavy atom. The standard InChI is InChI=1S/C14H15N3O3/c15-9-3-1-7-8-2-4-10(16)14(20)12(8)17(5-6-18)11(7)13(9)19/h1-4,18-20H,5-6,15-16H2. The van der Waals surface area contributed by atoms with Crippen LogP contribution in [0.25, 0.3) is 21.8 Å². The number of aliphatic hydroxyl groups excluding tert-OH is 1. The van der Waals surface area contributed by atoms with Gasteiger partial charge in [0.25, 0.3) is 0 Å². The van der Waals surface area contributed by atoms with Crippen molar-refractivity contribution in [1.29, 1.82) is 0 Å². The van der Waals surface area contributed by atoms with Gasteiger partial charge < -0.3 is 31.4 Å². The lowest BCUT2D eigenvalue weighted by Gasteiger charge is -2.09. The van der Waals surface area contributed by atoms with Gasteiger partial charge in [0.15, 0.2) is 11.5 Å². The highest BCUT2D eigenvalue weighted by atomic mass is 16.3. The largest absolute Gasteiger partial charge is 0.504 e. The minimum absolute atomic E-state index is 0.0647. The summed E-state index contributed by atoms with van der Waals surface area (Å²) in [4.78, 5) is 0. The van der Waals surface area contributed by atoms with Gasteiger partial charge in [-0.05, 0) is 24.3 Å². The zero-order valence-corrected chi connectivity index (χ0v) is 10.7. The van der Waals surface area contributed by atoms with Crippen LogP contribution in [-0.2, 0) is 6.54 Å². The van der Waals surface area contributed by atoms with Gasteiger partial charge in [0.1, 0.15) is 0 Å². The molecular formula is C14H15N3O3. The molecule has 104 valence electrons. The fraction of sp³-hybridized carbons (Fsp3) is 0.143. The smallest absolute Gasteiger partial charge is 0.163 e. The molecule has 0 radical (unpaired) electrons. The third-order valence-electron chi connectivity index (χ3n) is 3.52. The molecule has 0 saturated carbocycles. The van der Waals surface area contributed by atoms with Crippen LogP contribution in [-0.4, -0.2) is 26.5 Å². The molecule has 7 N–H and O–H groups in total. The molecule has 0 atom stereocenters. The zero-order chi connectivity index (χ0) is 14.4. The maximum absolute atomic E-state index is 10.2.